The van der Waals surface area contributed by atoms with Crippen molar-refractivity contribution in [1.82, 2.24) is 14.6 Å². The van der Waals surface area contributed by atoms with E-state index in [0.717, 1.165) is 16.9 Å². The Morgan fingerprint density at radius 3 is 2.84 bits per heavy atom. The number of hydrogen-bond acceptors (Lipinski definition) is 6. The maximum atomic E-state index is 12.9. The summed E-state index contributed by atoms with van der Waals surface area (Å²) in [4.78, 5) is 18.4. The summed E-state index contributed by atoms with van der Waals surface area (Å²) in [6.07, 6.45) is 3.49. The smallest absolute Gasteiger partial charge is 0.250 e. The van der Waals surface area contributed by atoms with Crippen LogP contribution in [0.4, 0.5) is 0 Å². The number of nitrogens with zero attached hydrogens (tertiary/aromatic N) is 2. The summed E-state index contributed by atoms with van der Waals surface area (Å²) in [6, 6.07) is 9.53. The molecule has 3 aromatic rings. The van der Waals surface area contributed by atoms with Gasteiger partial charge in [-0.25, -0.2) is 8.42 Å². The zero-order valence-electron chi connectivity index (χ0n) is 16.8. The Kier molecular flexibility index (Phi) is 6.29. The van der Waals surface area contributed by atoms with Crippen LogP contribution in [0, 0.1) is 5.41 Å². The molecule has 1 fully saturated rings. The molecule has 2 aromatic heterocycles. The molecule has 0 unspecified atom stereocenters. The minimum Gasteiger partial charge on any atom is -0.384 e. The summed E-state index contributed by atoms with van der Waals surface area (Å²) >= 11 is 7.04. The lowest BCUT2D eigenvalue weighted by atomic mass is 10.1. The van der Waals surface area contributed by atoms with Crippen molar-refractivity contribution < 1.29 is 13.2 Å². The van der Waals surface area contributed by atoms with Gasteiger partial charge in [0.2, 0.25) is 5.91 Å². The number of aromatic nitrogens is 1. The molecule has 1 amide bonds. The highest BCUT2D eigenvalue weighted by Crippen LogP contribution is 2.30. The summed E-state index contributed by atoms with van der Waals surface area (Å²) in [7, 11) is -3.87. The summed E-state index contributed by atoms with van der Waals surface area (Å²) in [6.45, 7) is 0.753. The van der Waals surface area contributed by atoms with Crippen LogP contribution in [0.2, 0.25) is 5.02 Å². The molecule has 4 rings (SSSR count). The Morgan fingerprint density at radius 1 is 1.28 bits per heavy atom. The molecule has 0 aliphatic carbocycles. The van der Waals surface area contributed by atoms with Crippen LogP contribution in [0.3, 0.4) is 0 Å². The van der Waals surface area contributed by atoms with Crippen LogP contribution >= 0.6 is 22.9 Å². The zero-order chi connectivity index (χ0) is 22.9. The van der Waals surface area contributed by atoms with Gasteiger partial charge in [0.05, 0.1) is 5.02 Å². The first-order valence-corrected chi connectivity index (χ1v) is 12.4. The van der Waals surface area contributed by atoms with E-state index in [2.05, 4.69) is 9.71 Å². The Labute approximate surface area is 194 Å². The monoisotopic (exact) mass is 489 g/mol. The Hall–Kier alpha value is -2.79. The minimum atomic E-state index is -3.87. The molecule has 1 atom stereocenters. The van der Waals surface area contributed by atoms with Crippen LogP contribution in [0.1, 0.15) is 17.5 Å². The number of thiophene rings is 1. The van der Waals surface area contributed by atoms with Crippen LogP contribution in [0.5, 0.6) is 0 Å². The molecule has 0 radical (unpaired) electrons. The molecule has 1 aliphatic heterocycles. The van der Waals surface area contributed by atoms with Gasteiger partial charge in [0.25, 0.3) is 10.0 Å². The number of nitrogens with one attached hydrogen (secondary N) is 2. The van der Waals surface area contributed by atoms with Gasteiger partial charge in [-0.3, -0.25) is 15.2 Å². The molecule has 1 saturated heterocycles. The first-order chi connectivity index (χ1) is 15.2. The van der Waals surface area contributed by atoms with Gasteiger partial charge >= 0.3 is 0 Å². The average molecular weight is 490 g/mol. The molecule has 0 saturated carbocycles. The lowest BCUT2D eigenvalue weighted by molar-refractivity contribution is -0.129. The fourth-order valence-corrected chi connectivity index (χ4v) is 6.09. The number of benzene rings is 1. The van der Waals surface area contributed by atoms with E-state index in [9.17, 15) is 13.2 Å². The molecule has 1 aromatic carbocycles. The number of pyridine rings is 1. The highest BCUT2D eigenvalue weighted by atomic mass is 35.5. The van der Waals surface area contributed by atoms with E-state index in [1.165, 1.54) is 6.20 Å². The van der Waals surface area contributed by atoms with Crippen LogP contribution in [0.15, 0.2) is 58.4 Å². The number of nitrogens with two attached hydrogens (primary N) is 1. The van der Waals surface area contributed by atoms with E-state index >= 15 is 0 Å². The fraction of sp³-hybridized carbons (Fsp3) is 0.190. The molecule has 0 bridgehead atoms. The van der Waals surface area contributed by atoms with Crippen molar-refractivity contribution in [2.45, 2.75) is 23.2 Å². The number of carbonyl (C=O) groups is 1. The van der Waals surface area contributed by atoms with Crippen LogP contribution in [-0.2, 0) is 21.4 Å². The maximum absolute atomic E-state index is 12.9. The van der Waals surface area contributed by atoms with Crippen molar-refractivity contribution >= 4 is 44.7 Å². The lowest BCUT2D eigenvalue weighted by Crippen LogP contribution is -2.41. The molecule has 8 nitrogen and oxygen atoms in total. The van der Waals surface area contributed by atoms with E-state index in [1.807, 2.05) is 6.07 Å². The highest BCUT2D eigenvalue weighted by Gasteiger charge is 2.35. The van der Waals surface area contributed by atoms with E-state index < -0.39 is 16.1 Å². The van der Waals surface area contributed by atoms with Gasteiger partial charge in [0.1, 0.15) is 16.1 Å². The van der Waals surface area contributed by atoms with Crippen molar-refractivity contribution in [2.24, 2.45) is 5.73 Å². The predicted molar refractivity (Wildman–Crippen MR) is 124 cm³/mol. The lowest BCUT2D eigenvalue weighted by Gasteiger charge is -2.17. The number of likely N-dealkylation sites (tertiary alicyclic amines) is 1. The fourth-order valence-electron chi connectivity index (χ4n) is 3.49. The quantitative estimate of drug-likeness (QED) is 0.347. The number of rotatable bonds is 7. The van der Waals surface area contributed by atoms with Gasteiger partial charge in [-0.2, -0.15) is 4.72 Å². The molecular weight excluding hydrogens is 470 g/mol. The van der Waals surface area contributed by atoms with Crippen molar-refractivity contribution in [3.8, 4) is 11.1 Å². The second-order valence-electron chi connectivity index (χ2n) is 7.38. The summed E-state index contributed by atoms with van der Waals surface area (Å²) in [5.74, 6) is -0.327. The SMILES string of the molecule is N=C(N)c1cccc(CN2CC[C@H](NS(=O)(=O)c3cc(-c4cncc(Cl)c4)cs3)C2=O)c1. The van der Waals surface area contributed by atoms with E-state index in [-0.39, 0.29) is 16.0 Å². The van der Waals surface area contributed by atoms with E-state index in [1.54, 1.807) is 46.8 Å². The summed E-state index contributed by atoms with van der Waals surface area (Å²) in [5, 5.41) is 9.72. The molecule has 4 N–H and O–H groups in total. The molecule has 3 heterocycles. The number of amidine groups is 1. The number of hydrogen-bond donors (Lipinski definition) is 3. The van der Waals surface area contributed by atoms with E-state index in [0.29, 0.717) is 41.2 Å². The predicted octanol–water partition coefficient (Wildman–Crippen LogP) is 2.83. The molecule has 1 aliphatic rings. The van der Waals surface area contributed by atoms with Crippen molar-refractivity contribution in [1.29, 1.82) is 5.41 Å². The third-order valence-corrected chi connectivity index (χ3v) is 8.20. The van der Waals surface area contributed by atoms with Gasteiger partial charge in [-0.15, -0.1) is 11.3 Å². The van der Waals surface area contributed by atoms with Gasteiger partial charge in [-0.05, 0) is 35.7 Å². The maximum Gasteiger partial charge on any atom is 0.250 e. The third-order valence-electron chi connectivity index (χ3n) is 5.08. The standard InChI is InChI=1S/C21H20ClN5O3S2/c22-17-7-15(9-25-10-17)16-8-19(31-12-16)32(29,30)26-18-4-5-27(21(18)28)11-13-2-1-3-14(6-13)20(23)24/h1-3,6-10,12,18,26H,4-5,11H2,(H3,23,24)/t18-/m0/s1. The van der Waals surface area contributed by atoms with Crippen LogP contribution < -0.4 is 10.5 Å². The van der Waals surface area contributed by atoms with Gasteiger partial charge < -0.3 is 10.6 Å². The van der Waals surface area contributed by atoms with Crippen LogP contribution in [-0.4, -0.2) is 42.6 Å². The first-order valence-electron chi connectivity index (χ1n) is 9.67. The van der Waals surface area contributed by atoms with Gasteiger partial charge in [0.15, 0.2) is 0 Å². The van der Waals surface area contributed by atoms with Crippen molar-refractivity contribution in [3.05, 3.63) is 70.3 Å². The topological polar surface area (TPSA) is 129 Å². The van der Waals surface area contributed by atoms with E-state index in [4.69, 9.17) is 22.7 Å². The van der Waals surface area contributed by atoms with Gasteiger partial charge in [0, 0.05) is 42.0 Å². The third kappa shape index (κ3) is 4.83. The molecule has 11 heteroatoms. The summed E-state index contributed by atoms with van der Waals surface area (Å²) < 4.78 is 28.4. The highest BCUT2D eigenvalue weighted by molar-refractivity contribution is 7.91. The number of carbonyl (C=O) groups excluding carboxylic acids is 1. The Balaban J connectivity index is 1.45. The normalized spacial score (nSPS) is 16.5. The minimum absolute atomic E-state index is 0.0471. The largest absolute Gasteiger partial charge is 0.384 e. The van der Waals surface area contributed by atoms with Crippen molar-refractivity contribution in [2.75, 3.05) is 6.54 Å². The summed E-state index contributed by atoms with van der Waals surface area (Å²) in [5.41, 5.74) is 8.34. The molecule has 32 heavy (non-hydrogen) atoms. The number of halogens is 1. The Morgan fingerprint density at radius 2 is 2.09 bits per heavy atom. The Bertz CT molecular complexity index is 1290. The average Bonchev–Trinajstić information content (AvgIpc) is 3.38. The molecule has 166 valence electrons. The zero-order valence-corrected chi connectivity index (χ0v) is 19.2. The number of nitrogen functional groups attached to an aromatic ring is 1. The number of sulfonamides is 1. The first kappa shape index (κ1) is 22.4. The van der Waals surface area contributed by atoms with Crippen LogP contribution in [0.25, 0.3) is 11.1 Å². The molecule has 0 spiro atoms. The van der Waals surface area contributed by atoms with Crippen molar-refractivity contribution in [3.63, 3.8) is 0 Å². The second kappa shape index (κ2) is 8.99. The van der Waals surface area contributed by atoms with Gasteiger partial charge in [-0.1, -0.05) is 29.8 Å². The molecular formula is C21H20ClN5O3S2. The number of amides is 1. The second-order valence-corrected chi connectivity index (χ2v) is 10.7.